The van der Waals surface area contributed by atoms with Crippen LogP contribution in [0.15, 0.2) is 16.6 Å². The number of hydrogen-bond donors (Lipinski definition) is 2. The number of hydrogen-bond acceptors (Lipinski definition) is 3. The van der Waals surface area contributed by atoms with Crippen molar-refractivity contribution in [3.05, 3.63) is 27.7 Å². The minimum atomic E-state index is -1.00. The summed E-state index contributed by atoms with van der Waals surface area (Å²) in [7, 11) is 1.60. The molecule has 1 atom stereocenters. The van der Waals surface area contributed by atoms with Gasteiger partial charge in [-0.1, -0.05) is 22.9 Å². The molecule has 0 aliphatic heterocycles. The lowest BCUT2D eigenvalue weighted by molar-refractivity contribution is -0.138. The Hall–Kier alpha value is -1.07. The predicted molar refractivity (Wildman–Crippen MR) is 69.4 cm³/mol. The maximum absolute atomic E-state index is 10.7. The molecule has 0 aromatic heterocycles. The third kappa shape index (κ3) is 3.44. The van der Waals surface area contributed by atoms with E-state index in [-0.39, 0.29) is 6.42 Å². The van der Waals surface area contributed by atoms with Crippen LogP contribution in [0.4, 0.5) is 0 Å². The highest BCUT2D eigenvalue weighted by atomic mass is 79.9. The van der Waals surface area contributed by atoms with Gasteiger partial charge in [-0.25, -0.2) is 0 Å². The first-order chi connectivity index (χ1) is 7.99. The highest BCUT2D eigenvalue weighted by Gasteiger charge is 2.15. The molecule has 0 heterocycles. The van der Waals surface area contributed by atoms with Crippen LogP contribution in [0.2, 0.25) is 0 Å². The van der Waals surface area contributed by atoms with E-state index in [1.165, 1.54) is 0 Å². The molecule has 17 heavy (non-hydrogen) atoms. The Labute approximate surface area is 109 Å². The van der Waals surface area contributed by atoms with E-state index in [1.807, 2.05) is 19.1 Å². The number of rotatable bonds is 5. The lowest BCUT2D eigenvalue weighted by Gasteiger charge is -2.13. The summed E-state index contributed by atoms with van der Waals surface area (Å²) in [6, 6.07) is 2.84. The normalized spacial score (nSPS) is 12.2. The van der Waals surface area contributed by atoms with Crippen LogP contribution in [0, 0.1) is 0 Å². The summed E-state index contributed by atoms with van der Waals surface area (Å²) in [4.78, 5) is 10.7. The molecule has 0 fully saturated rings. The average Bonchev–Trinajstić information content (AvgIpc) is 2.27. The molecule has 0 aliphatic rings. The van der Waals surface area contributed by atoms with Gasteiger partial charge in [0.2, 0.25) is 0 Å². The molecule has 1 aromatic carbocycles. The highest BCUT2D eigenvalue weighted by molar-refractivity contribution is 9.10. The van der Waals surface area contributed by atoms with Gasteiger partial charge in [-0.05, 0) is 30.5 Å². The second-order valence-electron chi connectivity index (χ2n) is 3.76. The van der Waals surface area contributed by atoms with Gasteiger partial charge in [0, 0.05) is 10.0 Å². The van der Waals surface area contributed by atoms with Crippen molar-refractivity contribution in [2.24, 2.45) is 5.73 Å². The summed E-state index contributed by atoms with van der Waals surface area (Å²) in [5.41, 5.74) is 7.42. The zero-order chi connectivity index (χ0) is 13.0. The molecule has 1 rings (SSSR count). The summed E-state index contributed by atoms with van der Waals surface area (Å²) in [5, 5.41) is 8.77. The van der Waals surface area contributed by atoms with Crippen LogP contribution < -0.4 is 10.5 Å². The van der Waals surface area contributed by atoms with Gasteiger partial charge >= 0.3 is 5.97 Å². The number of benzene rings is 1. The van der Waals surface area contributed by atoms with Crippen molar-refractivity contribution >= 4 is 21.9 Å². The smallest absolute Gasteiger partial charge is 0.320 e. The molecule has 4 nitrogen and oxygen atoms in total. The van der Waals surface area contributed by atoms with Gasteiger partial charge in [0.15, 0.2) is 0 Å². The van der Waals surface area contributed by atoms with Crippen molar-refractivity contribution in [1.29, 1.82) is 0 Å². The van der Waals surface area contributed by atoms with E-state index < -0.39 is 12.0 Å². The molecule has 0 bridgehead atoms. The molecule has 1 unspecified atom stereocenters. The molecule has 3 N–H and O–H groups in total. The topological polar surface area (TPSA) is 72.6 Å². The molecular weight excluding hydrogens is 286 g/mol. The Kier molecular flexibility index (Phi) is 4.96. The molecule has 94 valence electrons. The van der Waals surface area contributed by atoms with E-state index in [0.717, 1.165) is 27.8 Å². The molecular formula is C12H16BrNO3. The van der Waals surface area contributed by atoms with E-state index in [4.69, 9.17) is 15.6 Å². The zero-order valence-corrected chi connectivity index (χ0v) is 11.5. The molecule has 0 saturated heterocycles. The molecule has 5 heteroatoms. The lowest BCUT2D eigenvalue weighted by Crippen LogP contribution is -2.32. The number of ether oxygens (including phenoxy) is 1. The maximum Gasteiger partial charge on any atom is 0.320 e. The van der Waals surface area contributed by atoms with Crippen LogP contribution in [-0.2, 0) is 17.6 Å². The van der Waals surface area contributed by atoms with Crippen molar-refractivity contribution in [3.8, 4) is 5.75 Å². The predicted octanol–water partition coefficient (Wildman–Crippen LogP) is 1.97. The Morgan fingerprint density at radius 1 is 1.59 bits per heavy atom. The number of aliphatic carboxylic acids is 1. The summed E-state index contributed by atoms with van der Waals surface area (Å²) in [6.45, 7) is 2.03. The van der Waals surface area contributed by atoms with Gasteiger partial charge in [-0.3, -0.25) is 4.79 Å². The van der Waals surface area contributed by atoms with Crippen LogP contribution in [-0.4, -0.2) is 24.2 Å². The SMILES string of the molecule is CCc1c(Br)cc(CC(N)C(=O)O)cc1OC. The van der Waals surface area contributed by atoms with E-state index in [0.29, 0.717) is 0 Å². The van der Waals surface area contributed by atoms with E-state index in [2.05, 4.69) is 15.9 Å². The number of carboxylic acids is 1. The van der Waals surface area contributed by atoms with E-state index >= 15 is 0 Å². The minimum Gasteiger partial charge on any atom is -0.496 e. The summed E-state index contributed by atoms with van der Waals surface area (Å²) < 4.78 is 6.20. The standard InChI is InChI=1S/C12H16BrNO3/c1-3-8-9(13)4-7(6-11(8)17-2)5-10(14)12(15)16/h4,6,10H,3,5,14H2,1-2H3,(H,15,16). The average molecular weight is 302 g/mol. The monoisotopic (exact) mass is 301 g/mol. The van der Waals surface area contributed by atoms with Crippen LogP contribution >= 0.6 is 15.9 Å². The second-order valence-corrected chi connectivity index (χ2v) is 4.62. The quantitative estimate of drug-likeness (QED) is 0.872. The minimum absolute atomic E-state index is 0.286. The van der Waals surface area contributed by atoms with Gasteiger partial charge in [0.05, 0.1) is 7.11 Å². The van der Waals surface area contributed by atoms with Gasteiger partial charge in [-0.15, -0.1) is 0 Å². The van der Waals surface area contributed by atoms with Crippen LogP contribution in [0.3, 0.4) is 0 Å². The first-order valence-corrected chi connectivity index (χ1v) is 6.12. The van der Waals surface area contributed by atoms with Crippen molar-refractivity contribution < 1.29 is 14.6 Å². The molecule has 0 aliphatic carbocycles. The summed E-state index contributed by atoms with van der Waals surface area (Å²) in [5.74, 6) is -0.242. The van der Waals surface area contributed by atoms with Gasteiger partial charge < -0.3 is 15.6 Å². The van der Waals surface area contributed by atoms with Gasteiger partial charge in [0.1, 0.15) is 11.8 Å². The molecule has 1 aromatic rings. The summed E-state index contributed by atoms with van der Waals surface area (Å²) >= 11 is 3.46. The summed E-state index contributed by atoms with van der Waals surface area (Å²) in [6.07, 6.45) is 1.13. The largest absolute Gasteiger partial charge is 0.496 e. The number of halogens is 1. The third-order valence-corrected chi connectivity index (χ3v) is 3.27. The molecule has 0 saturated carbocycles. The van der Waals surface area contributed by atoms with E-state index in [9.17, 15) is 4.79 Å². The first kappa shape index (κ1) is 14.0. The Balaban J connectivity index is 3.03. The Morgan fingerprint density at radius 2 is 2.24 bits per heavy atom. The highest BCUT2D eigenvalue weighted by Crippen LogP contribution is 2.29. The van der Waals surface area contributed by atoms with Gasteiger partial charge in [-0.2, -0.15) is 0 Å². The molecule has 0 radical (unpaired) electrons. The van der Waals surface area contributed by atoms with Crippen LogP contribution in [0.25, 0.3) is 0 Å². The second kappa shape index (κ2) is 6.02. The fourth-order valence-corrected chi connectivity index (χ4v) is 2.42. The Morgan fingerprint density at radius 3 is 2.71 bits per heavy atom. The van der Waals surface area contributed by atoms with Gasteiger partial charge in [0.25, 0.3) is 0 Å². The van der Waals surface area contributed by atoms with Crippen molar-refractivity contribution in [2.75, 3.05) is 7.11 Å². The van der Waals surface area contributed by atoms with Crippen molar-refractivity contribution in [1.82, 2.24) is 0 Å². The van der Waals surface area contributed by atoms with Crippen molar-refractivity contribution in [3.63, 3.8) is 0 Å². The maximum atomic E-state index is 10.7. The number of carbonyl (C=O) groups is 1. The number of nitrogens with two attached hydrogens (primary N) is 1. The molecule has 0 amide bonds. The van der Waals surface area contributed by atoms with Crippen molar-refractivity contribution in [2.45, 2.75) is 25.8 Å². The third-order valence-electron chi connectivity index (χ3n) is 2.56. The zero-order valence-electron chi connectivity index (χ0n) is 9.87. The number of methoxy groups -OCH3 is 1. The van der Waals surface area contributed by atoms with E-state index in [1.54, 1.807) is 7.11 Å². The van der Waals surface area contributed by atoms with Crippen LogP contribution in [0.5, 0.6) is 5.75 Å². The van der Waals surface area contributed by atoms with Crippen LogP contribution in [0.1, 0.15) is 18.1 Å². The number of carboxylic acid groups (broad SMARTS) is 1. The molecule has 0 spiro atoms. The fourth-order valence-electron chi connectivity index (χ4n) is 1.65. The lowest BCUT2D eigenvalue weighted by atomic mass is 10.0. The first-order valence-electron chi connectivity index (χ1n) is 5.33. The fraction of sp³-hybridized carbons (Fsp3) is 0.417. The Bertz CT molecular complexity index is 420.